The third-order valence-corrected chi connectivity index (χ3v) is 4.00. The SMILES string of the molecule is CC(C)c1ccccc1NC(=O)c1nn(C)c(=O)c2ccccc12. The van der Waals surface area contributed by atoms with E-state index in [2.05, 4.69) is 24.3 Å². The van der Waals surface area contributed by atoms with Crippen LogP contribution in [0, 0.1) is 0 Å². The van der Waals surface area contributed by atoms with E-state index in [1.807, 2.05) is 24.3 Å². The highest BCUT2D eigenvalue weighted by Gasteiger charge is 2.17. The quantitative estimate of drug-likeness (QED) is 0.805. The molecule has 122 valence electrons. The highest BCUT2D eigenvalue weighted by molar-refractivity contribution is 6.11. The van der Waals surface area contributed by atoms with Crippen molar-refractivity contribution >= 4 is 22.4 Å². The first-order chi connectivity index (χ1) is 11.5. The van der Waals surface area contributed by atoms with Gasteiger partial charge in [0, 0.05) is 18.1 Å². The summed E-state index contributed by atoms with van der Waals surface area (Å²) < 4.78 is 1.20. The Bertz CT molecular complexity index is 974. The number of rotatable bonds is 3. The molecule has 0 radical (unpaired) electrons. The molecule has 3 rings (SSSR count). The van der Waals surface area contributed by atoms with Gasteiger partial charge >= 0.3 is 0 Å². The lowest BCUT2D eigenvalue weighted by atomic mass is 10.0. The van der Waals surface area contributed by atoms with E-state index in [-0.39, 0.29) is 23.1 Å². The van der Waals surface area contributed by atoms with Gasteiger partial charge < -0.3 is 5.32 Å². The van der Waals surface area contributed by atoms with Gasteiger partial charge in [-0.25, -0.2) is 4.68 Å². The Morgan fingerprint density at radius 3 is 2.38 bits per heavy atom. The summed E-state index contributed by atoms with van der Waals surface area (Å²) in [4.78, 5) is 25.0. The highest BCUT2D eigenvalue weighted by Crippen LogP contribution is 2.24. The Hall–Kier alpha value is -2.95. The largest absolute Gasteiger partial charge is 0.320 e. The first kappa shape index (κ1) is 15.9. The van der Waals surface area contributed by atoms with Gasteiger partial charge in [-0.05, 0) is 23.6 Å². The summed E-state index contributed by atoms with van der Waals surface area (Å²) in [5, 5.41) is 8.13. The zero-order valence-electron chi connectivity index (χ0n) is 13.9. The maximum Gasteiger partial charge on any atom is 0.276 e. The van der Waals surface area contributed by atoms with E-state index in [1.165, 1.54) is 4.68 Å². The minimum atomic E-state index is -0.324. The van der Waals surface area contributed by atoms with Crippen molar-refractivity contribution in [2.75, 3.05) is 5.32 Å². The average molecular weight is 321 g/mol. The molecule has 0 aliphatic heterocycles. The highest BCUT2D eigenvalue weighted by atomic mass is 16.2. The number of aryl methyl sites for hydroxylation is 1. The summed E-state index contributed by atoms with van der Waals surface area (Å²) in [6.07, 6.45) is 0. The Balaban J connectivity index is 2.08. The van der Waals surface area contributed by atoms with Gasteiger partial charge in [0.1, 0.15) is 0 Å². The number of hydrogen-bond acceptors (Lipinski definition) is 3. The summed E-state index contributed by atoms with van der Waals surface area (Å²) in [6.45, 7) is 4.15. The number of benzene rings is 2. The molecule has 24 heavy (non-hydrogen) atoms. The number of carbonyl (C=O) groups is 1. The third kappa shape index (κ3) is 2.80. The molecular weight excluding hydrogens is 302 g/mol. The first-order valence-corrected chi connectivity index (χ1v) is 7.85. The Morgan fingerprint density at radius 1 is 1.04 bits per heavy atom. The van der Waals surface area contributed by atoms with Crippen LogP contribution in [0.4, 0.5) is 5.69 Å². The summed E-state index contributed by atoms with van der Waals surface area (Å²) in [6, 6.07) is 14.7. The maximum absolute atomic E-state index is 12.8. The van der Waals surface area contributed by atoms with Crippen molar-refractivity contribution in [2.24, 2.45) is 7.05 Å². The van der Waals surface area contributed by atoms with E-state index in [9.17, 15) is 9.59 Å². The van der Waals surface area contributed by atoms with Gasteiger partial charge in [-0.3, -0.25) is 9.59 Å². The minimum absolute atomic E-state index is 0.218. The lowest BCUT2D eigenvalue weighted by Crippen LogP contribution is -2.25. The smallest absolute Gasteiger partial charge is 0.276 e. The number of amides is 1. The standard InChI is InChI=1S/C19H19N3O2/c1-12(2)13-8-6-7-11-16(13)20-18(23)17-14-9-4-5-10-15(14)19(24)22(3)21-17/h4-12H,1-3H3,(H,20,23). The number of anilines is 1. The van der Waals surface area contributed by atoms with Gasteiger partial charge in [-0.15, -0.1) is 0 Å². The fourth-order valence-electron chi connectivity index (χ4n) is 2.76. The second-order valence-electron chi connectivity index (χ2n) is 6.02. The lowest BCUT2D eigenvalue weighted by Gasteiger charge is -2.14. The molecule has 0 bridgehead atoms. The number of carbonyl (C=O) groups excluding carboxylic acids is 1. The van der Waals surface area contributed by atoms with Crippen LogP contribution in [0.15, 0.2) is 53.3 Å². The van der Waals surface area contributed by atoms with Crippen LogP contribution in [0.5, 0.6) is 0 Å². The average Bonchev–Trinajstić information content (AvgIpc) is 2.58. The van der Waals surface area contributed by atoms with E-state index in [0.29, 0.717) is 10.8 Å². The van der Waals surface area contributed by atoms with Crippen LogP contribution in [0.2, 0.25) is 0 Å². The maximum atomic E-state index is 12.8. The topological polar surface area (TPSA) is 64.0 Å². The zero-order valence-corrected chi connectivity index (χ0v) is 13.9. The summed E-state index contributed by atoms with van der Waals surface area (Å²) >= 11 is 0. The predicted octanol–water partition coefficient (Wildman–Crippen LogP) is 3.31. The molecule has 1 N–H and O–H groups in total. The molecule has 1 aromatic heterocycles. The number of hydrogen-bond donors (Lipinski definition) is 1. The van der Waals surface area contributed by atoms with E-state index in [1.54, 1.807) is 31.3 Å². The number of nitrogens with one attached hydrogen (secondary N) is 1. The molecular formula is C19H19N3O2. The van der Waals surface area contributed by atoms with Gasteiger partial charge in [0.05, 0.1) is 5.39 Å². The van der Waals surface area contributed by atoms with E-state index >= 15 is 0 Å². The third-order valence-electron chi connectivity index (χ3n) is 4.00. The Morgan fingerprint density at radius 2 is 1.67 bits per heavy atom. The number of nitrogens with zero attached hydrogens (tertiary/aromatic N) is 2. The summed E-state index contributed by atoms with van der Waals surface area (Å²) in [5.41, 5.74) is 1.84. The monoisotopic (exact) mass is 321 g/mol. The number of aromatic nitrogens is 2. The van der Waals surface area contributed by atoms with Crippen LogP contribution in [0.3, 0.4) is 0 Å². The summed E-state index contributed by atoms with van der Waals surface area (Å²) in [7, 11) is 1.55. The second kappa shape index (κ2) is 6.28. The molecule has 0 aliphatic rings. The van der Waals surface area contributed by atoms with E-state index in [0.717, 1.165) is 11.3 Å². The molecule has 0 unspecified atom stereocenters. The fraction of sp³-hybridized carbons (Fsp3) is 0.211. The molecule has 2 aromatic carbocycles. The Kier molecular flexibility index (Phi) is 4.16. The lowest BCUT2D eigenvalue weighted by molar-refractivity contribution is 0.102. The second-order valence-corrected chi connectivity index (χ2v) is 6.02. The van der Waals surface area contributed by atoms with E-state index in [4.69, 9.17) is 0 Å². The van der Waals surface area contributed by atoms with Gasteiger partial charge in [0.25, 0.3) is 11.5 Å². The van der Waals surface area contributed by atoms with Crippen LogP contribution in [-0.4, -0.2) is 15.7 Å². The molecule has 3 aromatic rings. The molecule has 1 amide bonds. The fourth-order valence-corrected chi connectivity index (χ4v) is 2.76. The molecule has 0 saturated heterocycles. The Labute approximate surface area is 139 Å². The van der Waals surface area contributed by atoms with Crippen LogP contribution < -0.4 is 10.9 Å². The van der Waals surface area contributed by atoms with Crippen LogP contribution >= 0.6 is 0 Å². The van der Waals surface area contributed by atoms with Gasteiger partial charge in [0.2, 0.25) is 0 Å². The normalized spacial score (nSPS) is 11.0. The summed E-state index contributed by atoms with van der Waals surface area (Å²) in [5.74, 6) is -0.0405. The molecule has 0 saturated carbocycles. The number of para-hydroxylation sites is 1. The van der Waals surface area contributed by atoms with Crippen molar-refractivity contribution in [1.29, 1.82) is 0 Å². The number of fused-ring (bicyclic) bond motifs is 1. The van der Waals surface area contributed by atoms with Crippen LogP contribution in [-0.2, 0) is 7.05 Å². The molecule has 0 spiro atoms. The van der Waals surface area contributed by atoms with Crippen LogP contribution in [0.1, 0.15) is 35.8 Å². The molecule has 1 heterocycles. The van der Waals surface area contributed by atoms with Crippen molar-refractivity contribution in [3.8, 4) is 0 Å². The molecule has 5 heteroatoms. The van der Waals surface area contributed by atoms with Gasteiger partial charge in [-0.1, -0.05) is 50.2 Å². The molecule has 5 nitrogen and oxygen atoms in total. The van der Waals surface area contributed by atoms with Gasteiger partial charge in [0.15, 0.2) is 5.69 Å². The first-order valence-electron chi connectivity index (χ1n) is 7.85. The van der Waals surface area contributed by atoms with Crippen molar-refractivity contribution < 1.29 is 4.79 Å². The van der Waals surface area contributed by atoms with Crippen molar-refractivity contribution in [2.45, 2.75) is 19.8 Å². The van der Waals surface area contributed by atoms with Crippen LogP contribution in [0.25, 0.3) is 10.8 Å². The molecule has 0 aliphatic carbocycles. The molecule has 0 fully saturated rings. The minimum Gasteiger partial charge on any atom is -0.320 e. The van der Waals surface area contributed by atoms with Crippen molar-refractivity contribution in [3.05, 3.63) is 70.1 Å². The zero-order chi connectivity index (χ0) is 17.3. The van der Waals surface area contributed by atoms with Crippen molar-refractivity contribution in [1.82, 2.24) is 9.78 Å². The van der Waals surface area contributed by atoms with E-state index < -0.39 is 0 Å². The van der Waals surface area contributed by atoms with Crippen molar-refractivity contribution in [3.63, 3.8) is 0 Å². The van der Waals surface area contributed by atoms with Gasteiger partial charge in [-0.2, -0.15) is 5.10 Å². The predicted molar refractivity (Wildman–Crippen MR) is 95.5 cm³/mol. The molecule has 0 atom stereocenters.